The van der Waals surface area contributed by atoms with Gasteiger partial charge < -0.3 is 5.32 Å². The number of hydrazone groups is 1. The number of carbonyl (C=O) groups excluding carboxylic acids is 1. The highest BCUT2D eigenvalue weighted by Gasteiger charge is 2.01. The number of halogens is 1. The molecule has 0 bridgehead atoms. The molecule has 1 aromatic heterocycles. The van der Waals surface area contributed by atoms with Gasteiger partial charge in [0.1, 0.15) is 0 Å². The minimum atomic E-state index is -0.190. The third kappa shape index (κ3) is 4.40. The van der Waals surface area contributed by atoms with Gasteiger partial charge in [-0.1, -0.05) is 30.3 Å². The smallest absolute Gasteiger partial charge is 0.259 e. The van der Waals surface area contributed by atoms with Crippen molar-refractivity contribution in [2.75, 3.05) is 11.9 Å². The maximum atomic E-state index is 11.8. The van der Waals surface area contributed by atoms with Crippen LogP contribution in [0.25, 0.3) is 10.8 Å². The van der Waals surface area contributed by atoms with Gasteiger partial charge in [-0.2, -0.15) is 5.10 Å². The highest BCUT2D eigenvalue weighted by molar-refractivity contribution is 9.10. The summed E-state index contributed by atoms with van der Waals surface area (Å²) in [6, 6.07) is 16.1. The van der Waals surface area contributed by atoms with Gasteiger partial charge in [0.25, 0.3) is 5.91 Å². The van der Waals surface area contributed by atoms with Crippen molar-refractivity contribution in [3.8, 4) is 0 Å². The lowest BCUT2D eigenvalue weighted by atomic mass is 10.1. The van der Waals surface area contributed by atoms with E-state index in [2.05, 4.69) is 37.8 Å². The summed E-state index contributed by atoms with van der Waals surface area (Å²) in [4.78, 5) is 12.8. The number of hydrogen-bond acceptors (Lipinski definition) is 4. The summed E-state index contributed by atoms with van der Waals surface area (Å²) in [5.41, 5.74) is 3.41. The van der Waals surface area contributed by atoms with Crippen LogP contribution in [0.3, 0.4) is 0 Å². The molecule has 0 radical (unpaired) electrons. The highest BCUT2D eigenvalue weighted by Crippen LogP contribution is 2.19. The molecule has 3 rings (SSSR count). The van der Waals surface area contributed by atoms with Gasteiger partial charge >= 0.3 is 0 Å². The van der Waals surface area contributed by atoms with E-state index in [1.165, 1.54) is 5.39 Å². The number of anilines is 1. The minimum absolute atomic E-state index is 0.170. The second kappa shape index (κ2) is 7.39. The average Bonchev–Trinajstić information content (AvgIpc) is 2.98. The van der Waals surface area contributed by atoms with Crippen LogP contribution in [0.5, 0.6) is 0 Å². The van der Waals surface area contributed by atoms with E-state index >= 15 is 0 Å². The number of benzene rings is 2. The highest BCUT2D eigenvalue weighted by atomic mass is 79.9. The van der Waals surface area contributed by atoms with Crippen molar-refractivity contribution >= 4 is 55.8 Å². The van der Waals surface area contributed by atoms with Crippen molar-refractivity contribution in [1.29, 1.82) is 0 Å². The fourth-order valence-electron chi connectivity index (χ4n) is 2.09. The van der Waals surface area contributed by atoms with E-state index < -0.39 is 0 Å². The van der Waals surface area contributed by atoms with Crippen molar-refractivity contribution in [2.45, 2.75) is 0 Å². The molecular formula is C17H14BrN3OS. The standard InChI is InChI=1S/C17H14BrN3OS/c18-14-8-16(23-11-14)9-20-21-17(22)10-19-15-6-5-12-3-1-2-4-13(12)7-15/h1-9,11,19H,10H2,(H,21,22)/b20-9-. The minimum Gasteiger partial charge on any atom is -0.376 e. The maximum absolute atomic E-state index is 11.8. The Kier molecular flexibility index (Phi) is 5.05. The summed E-state index contributed by atoms with van der Waals surface area (Å²) in [6.07, 6.45) is 1.63. The molecule has 0 aliphatic carbocycles. The molecule has 3 aromatic rings. The zero-order chi connectivity index (χ0) is 16.1. The molecule has 2 aromatic carbocycles. The molecule has 23 heavy (non-hydrogen) atoms. The van der Waals surface area contributed by atoms with Gasteiger partial charge in [-0.25, -0.2) is 5.43 Å². The van der Waals surface area contributed by atoms with Gasteiger partial charge in [-0.05, 0) is 44.9 Å². The fourth-order valence-corrected chi connectivity index (χ4v) is 3.39. The van der Waals surface area contributed by atoms with Crippen LogP contribution >= 0.6 is 27.3 Å². The second-order valence-corrected chi connectivity index (χ2v) is 6.73. The number of carbonyl (C=O) groups is 1. The predicted octanol–water partition coefficient (Wildman–Crippen LogP) is 4.23. The number of thiophene rings is 1. The van der Waals surface area contributed by atoms with E-state index in [1.54, 1.807) is 17.6 Å². The Morgan fingerprint density at radius 1 is 1.17 bits per heavy atom. The summed E-state index contributed by atoms with van der Waals surface area (Å²) in [5.74, 6) is -0.190. The summed E-state index contributed by atoms with van der Waals surface area (Å²) < 4.78 is 1.01. The molecule has 4 nitrogen and oxygen atoms in total. The lowest BCUT2D eigenvalue weighted by Gasteiger charge is -2.06. The van der Waals surface area contributed by atoms with Crippen molar-refractivity contribution in [3.05, 3.63) is 63.3 Å². The Bertz CT molecular complexity index is 860. The number of rotatable bonds is 5. The summed E-state index contributed by atoms with van der Waals surface area (Å²) in [6.45, 7) is 0.170. The van der Waals surface area contributed by atoms with Crippen LogP contribution in [0.4, 0.5) is 5.69 Å². The van der Waals surface area contributed by atoms with E-state index in [0.29, 0.717) is 0 Å². The van der Waals surface area contributed by atoms with Crippen LogP contribution in [0, 0.1) is 0 Å². The van der Waals surface area contributed by atoms with Crippen molar-refractivity contribution in [3.63, 3.8) is 0 Å². The van der Waals surface area contributed by atoms with Crippen molar-refractivity contribution in [1.82, 2.24) is 5.43 Å². The Morgan fingerprint density at radius 3 is 2.78 bits per heavy atom. The summed E-state index contributed by atoms with van der Waals surface area (Å²) >= 11 is 4.92. The molecule has 6 heteroatoms. The Labute approximate surface area is 146 Å². The number of nitrogens with one attached hydrogen (secondary N) is 2. The topological polar surface area (TPSA) is 53.5 Å². The first-order valence-electron chi connectivity index (χ1n) is 6.99. The first-order valence-corrected chi connectivity index (χ1v) is 8.66. The lowest BCUT2D eigenvalue weighted by molar-refractivity contribution is -0.119. The van der Waals surface area contributed by atoms with Gasteiger partial charge in [0.2, 0.25) is 0 Å². The Morgan fingerprint density at radius 2 is 2.00 bits per heavy atom. The van der Waals surface area contributed by atoms with Gasteiger partial charge in [-0.3, -0.25) is 4.79 Å². The number of fused-ring (bicyclic) bond motifs is 1. The molecule has 0 aliphatic heterocycles. The van der Waals surface area contributed by atoms with Gasteiger partial charge in [-0.15, -0.1) is 11.3 Å². The predicted molar refractivity (Wildman–Crippen MR) is 100 cm³/mol. The van der Waals surface area contributed by atoms with E-state index in [1.807, 2.05) is 47.8 Å². The van der Waals surface area contributed by atoms with E-state index in [4.69, 9.17) is 0 Å². The van der Waals surface area contributed by atoms with E-state index in [9.17, 15) is 4.79 Å². The maximum Gasteiger partial charge on any atom is 0.259 e. The Balaban J connectivity index is 1.52. The molecule has 0 atom stereocenters. The van der Waals surface area contributed by atoms with Crippen LogP contribution in [0.2, 0.25) is 0 Å². The fraction of sp³-hybridized carbons (Fsp3) is 0.0588. The summed E-state index contributed by atoms with van der Waals surface area (Å²) in [5, 5.41) is 11.3. The number of hydrogen-bond donors (Lipinski definition) is 2. The lowest BCUT2D eigenvalue weighted by Crippen LogP contribution is -2.25. The van der Waals surface area contributed by atoms with Crippen LogP contribution in [0.1, 0.15) is 4.88 Å². The molecule has 0 saturated heterocycles. The van der Waals surface area contributed by atoms with Gasteiger partial charge in [0, 0.05) is 20.4 Å². The third-order valence-corrected chi connectivity index (χ3v) is 4.80. The molecule has 0 unspecified atom stereocenters. The second-order valence-electron chi connectivity index (χ2n) is 4.88. The quantitative estimate of drug-likeness (QED) is 0.508. The zero-order valence-electron chi connectivity index (χ0n) is 12.1. The molecule has 0 aliphatic rings. The largest absolute Gasteiger partial charge is 0.376 e. The first kappa shape index (κ1) is 15.7. The zero-order valence-corrected chi connectivity index (χ0v) is 14.5. The average molecular weight is 388 g/mol. The molecule has 1 heterocycles. The molecule has 0 fully saturated rings. The van der Waals surface area contributed by atoms with E-state index in [-0.39, 0.29) is 12.5 Å². The Hall–Kier alpha value is -2.18. The van der Waals surface area contributed by atoms with E-state index in [0.717, 1.165) is 20.4 Å². The first-order chi connectivity index (χ1) is 11.2. The van der Waals surface area contributed by atoms with Crippen molar-refractivity contribution in [2.24, 2.45) is 5.10 Å². The van der Waals surface area contributed by atoms with Crippen molar-refractivity contribution < 1.29 is 4.79 Å². The molecule has 1 amide bonds. The molecule has 0 saturated carbocycles. The monoisotopic (exact) mass is 387 g/mol. The van der Waals surface area contributed by atoms with Gasteiger partial charge in [0.05, 0.1) is 12.8 Å². The number of nitrogens with zero attached hydrogens (tertiary/aromatic N) is 1. The van der Waals surface area contributed by atoms with Crippen LogP contribution in [0.15, 0.2) is 63.5 Å². The normalized spacial score (nSPS) is 11.0. The van der Waals surface area contributed by atoms with Crippen LogP contribution in [-0.2, 0) is 4.79 Å². The number of amides is 1. The molecular weight excluding hydrogens is 374 g/mol. The van der Waals surface area contributed by atoms with Crippen LogP contribution in [-0.4, -0.2) is 18.7 Å². The molecule has 2 N–H and O–H groups in total. The van der Waals surface area contributed by atoms with Gasteiger partial charge in [0.15, 0.2) is 0 Å². The third-order valence-electron chi connectivity index (χ3n) is 3.17. The summed E-state index contributed by atoms with van der Waals surface area (Å²) in [7, 11) is 0. The molecule has 116 valence electrons. The van der Waals surface area contributed by atoms with Crippen LogP contribution < -0.4 is 10.7 Å². The molecule has 0 spiro atoms. The SMILES string of the molecule is O=C(CNc1ccc2ccccc2c1)N/N=C\c1cc(Br)cs1.